The number of nitrogens with one attached hydrogen (secondary N) is 2. The van der Waals surface area contributed by atoms with Crippen molar-refractivity contribution in [3.63, 3.8) is 0 Å². The fraction of sp³-hybridized carbons (Fsp3) is 0.192. The Kier molecular flexibility index (Phi) is 6.31. The van der Waals surface area contributed by atoms with E-state index < -0.39 is 11.8 Å². The molecule has 2 aromatic carbocycles. The monoisotopic (exact) mass is 428 g/mol. The third-order valence-corrected chi connectivity index (χ3v) is 5.76. The number of hydrogen-bond acceptors (Lipinski definition) is 3. The number of carboxylic acids is 1. The Morgan fingerprint density at radius 2 is 1.81 bits per heavy atom. The molecule has 1 atom stereocenters. The molecule has 1 unspecified atom stereocenters. The van der Waals surface area contributed by atoms with Gasteiger partial charge in [-0.05, 0) is 53.2 Å². The number of fused-ring (bicyclic) bond motifs is 1. The molecule has 0 radical (unpaired) electrons. The molecule has 1 aliphatic carbocycles. The van der Waals surface area contributed by atoms with Crippen molar-refractivity contribution in [3.05, 3.63) is 101 Å². The summed E-state index contributed by atoms with van der Waals surface area (Å²) in [6.45, 7) is 0. The summed E-state index contributed by atoms with van der Waals surface area (Å²) in [6.07, 6.45) is 7.91. The molecule has 1 amide bonds. The lowest BCUT2D eigenvalue weighted by molar-refractivity contribution is -0.131. The van der Waals surface area contributed by atoms with E-state index in [2.05, 4.69) is 16.4 Å². The summed E-state index contributed by atoms with van der Waals surface area (Å²) >= 11 is 0. The lowest BCUT2D eigenvalue weighted by Crippen LogP contribution is -2.29. The Morgan fingerprint density at radius 3 is 2.53 bits per heavy atom. The topological polar surface area (TPSA) is 99.3 Å². The maximum atomic E-state index is 12.9. The number of hydrogen-bond donors (Lipinski definition) is 3. The standard InChI is InChI=1S/C26H24N2O4/c29-23(28-24(19-14-15-27-16-19)18-6-2-1-3-7-18)13-12-17-8-4-10-21-20(17)9-5-11-22(21)25(30)26(31)32/h1-3,5-9,11,14-16,24,27H,4,10,12-13H2,(H,28,29)(H,31,32). The number of aromatic nitrogens is 1. The number of aromatic amines is 1. The predicted molar refractivity (Wildman–Crippen MR) is 121 cm³/mol. The van der Waals surface area contributed by atoms with Crippen molar-refractivity contribution < 1.29 is 19.5 Å². The van der Waals surface area contributed by atoms with Crippen LogP contribution in [0.3, 0.4) is 0 Å². The van der Waals surface area contributed by atoms with Crippen LogP contribution in [-0.2, 0) is 16.0 Å². The molecule has 32 heavy (non-hydrogen) atoms. The summed E-state index contributed by atoms with van der Waals surface area (Å²) in [5.41, 5.74) is 4.80. The number of H-pyrrole nitrogens is 1. The van der Waals surface area contributed by atoms with Crippen LogP contribution in [0.15, 0.2) is 73.1 Å². The molecule has 3 aromatic rings. The highest BCUT2D eigenvalue weighted by Crippen LogP contribution is 2.32. The minimum absolute atomic E-state index is 0.0779. The van der Waals surface area contributed by atoms with Crippen LogP contribution in [0, 0.1) is 0 Å². The molecule has 0 saturated heterocycles. The van der Waals surface area contributed by atoms with Gasteiger partial charge in [0.15, 0.2) is 0 Å². The summed E-state index contributed by atoms with van der Waals surface area (Å²) in [5.74, 6) is -2.42. The van der Waals surface area contributed by atoms with E-state index in [9.17, 15) is 14.4 Å². The van der Waals surface area contributed by atoms with Crippen LogP contribution in [0.4, 0.5) is 0 Å². The Labute approximate surface area is 186 Å². The van der Waals surface area contributed by atoms with Crippen molar-refractivity contribution in [1.82, 2.24) is 10.3 Å². The normalized spacial score (nSPS) is 13.6. The lowest BCUT2D eigenvalue weighted by atomic mass is 9.84. The summed E-state index contributed by atoms with van der Waals surface area (Å²) in [6, 6.07) is 16.7. The molecule has 0 bridgehead atoms. The van der Waals surface area contributed by atoms with Gasteiger partial charge in [0.2, 0.25) is 5.91 Å². The highest BCUT2D eigenvalue weighted by molar-refractivity contribution is 6.40. The number of allylic oxidation sites excluding steroid dienone is 2. The molecule has 4 rings (SSSR count). The molecule has 0 fully saturated rings. The zero-order chi connectivity index (χ0) is 22.5. The van der Waals surface area contributed by atoms with Crippen molar-refractivity contribution in [3.8, 4) is 0 Å². The minimum Gasteiger partial charge on any atom is -0.475 e. The summed E-state index contributed by atoms with van der Waals surface area (Å²) < 4.78 is 0. The SMILES string of the molecule is O=C(CCC1=CCCc2c(C(=O)C(=O)O)cccc21)NC(c1ccccc1)c1cc[nH]c1. The van der Waals surface area contributed by atoms with Crippen LogP contribution in [0.2, 0.25) is 0 Å². The van der Waals surface area contributed by atoms with Gasteiger partial charge in [0, 0.05) is 24.4 Å². The molecule has 1 aromatic heterocycles. The molecule has 1 heterocycles. The molecule has 0 saturated carbocycles. The molecule has 162 valence electrons. The van der Waals surface area contributed by atoms with E-state index in [-0.39, 0.29) is 23.9 Å². The fourth-order valence-electron chi connectivity index (χ4n) is 4.22. The third-order valence-electron chi connectivity index (χ3n) is 5.76. The Bertz CT molecular complexity index is 1160. The lowest BCUT2D eigenvalue weighted by Gasteiger charge is -2.21. The minimum atomic E-state index is -1.45. The van der Waals surface area contributed by atoms with Gasteiger partial charge in [0.05, 0.1) is 6.04 Å². The van der Waals surface area contributed by atoms with Crippen LogP contribution in [0.25, 0.3) is 5.57 Å². The molecule has 6 heteroatoms. The van der Waals surface area contributed by atoms with E-state index in [0.29, 0.717) is 19.3 Å². The maximum Gasteiger partial charge on any atom is 0.377 e. The van der Waals surface area contributed by atoms with Crippen LogP contribution in [0.5, 0.6) is 0 Å². The number of aliphatic carboxylic acids is 1. The Balaban J connectivity index is 1.48. The van der Waals surface area contributed by atoms with Crippen LogP contribution >= 0.6 is 0 Å². The second kappa shape index (κ2) is 9.47. The number of rotatable bonds is 8. The number of amides is 1. The molecule has 6 nitrogen and oxygen atoms in total. The van der Waals surface area contributed by atoms with E-state index >= 15 is 0 Å². The van der Waals surface area contributed by atoms with E-state index in [4.69, 9.17) is 5.11 Å². The smallest absolute Gasteiger partial charge is 0.377 e. The zero-order valence-electron chi connectivity index (χ0n) is 17.5. The number of ketones is 1. The van der Waals surface area contributed by atoms with Crippen LogP contribution in [-0.4, -0.2) is 27.8 Å². The van der Waals surface area contributed by atoms with Crippen molar-refractivity contribution in [2.24, 2.45) is 0 Å². The van der Waals surface area contributed by atoms with E-state index in [0.717, 1.165) is 27.8 Å². The number of carbonyl (C=O) groups is 3. The first-order chi connectivity index (χ1) is 15.5. The predicted octanol–water partition coefficient (Wildman–Crippen LogP) is 4.30. The summed E-state index contributed by atoms with van der Waals surface area (Å²) in [5, 5.41) is 12.2. The molecular formula is C26H24N2O4. The molecule has 3 N–H and O–H groups in total. The molecule has 0 aliphatic heterocycles. The van der Waals surface area contributed by atoms with Crippen LogP contribution < -0.4 is 5.32 Å². The van der Waals surface area contributed by atoms with Gasteiger partial charge in [-0.2, -0.15) is 0 Å². The van der Waals surface area contributed by atoms with Crippen molar-refractivity contribution in [2.75, 3.05) is 0 Å². The maximum absolute atomic E-state index is 12.9. The molecule has 0 spiro atoms. The molecular weight excluding hydrogens is 404 g/mol. The number of benzene rings is 2. The second-order valence-corrected chi connectivity index (χ2v) is 7.79. The quantitative estimate of drug-likeness (QED) is 0.368. The Morgan fingerprint density at radius 1 is 1.00 bits per heavy atom. The number of Topliss-reactive ketones (excluding diaryl/α,β-unsaturated/α-hetero) is 1. The van der Waals surface area contributed by atoms with Gasteiger partial charge in [0.25, 0.3) is 5.78 Å². The highest BCUT2D eigenvalue weighted by atomic mass is 16.4. The van der Waals surface area contributed by atoms with Crippen molar-refractivity contribution in [1.29, 1.82) is 0 Å². The van der Waals surface area contributed by atoms with Gasteiger partial charge in [0.1, 0.15) is 0 Å². The van der Waals surface area contributed by atoms with Gasteiger partial charge < -0.3 is 15.4 Å². The van der Waals surface area contributed by atoms with Gasteiger partial charge in [-0.3, -0.25) is 9.59 Å². The van der Waals surface area contributed by atoms with Crippen molar-refractivity contribution in [2.45, 2.75) is 31.7 Å². The zero-order valence-corrected chi connectivity index (χ0v) is 17.5. The van der Waals surface area contributed by atoms with Gasteiger partial charge in [-0.25, -0.2) is 4.79 Å². The largest absolute Gasteiger partial charge is 0.475 e. The highest BCUT2D eigenvalue weighted by Gasteiger charge is 2.24. The average Bonchev–Trinajstić information content (AvgIpc) is 3.35. The number of carbonyl (C=O) groups excluding carboxylic acids is 2. The summed E-state index contributed by atoms with van der Waals surface area (Å²) in [4.78, 5) is 39.2. The van der Waals surface area contributed by atoms with Gasteiger partial charge >= 0.3 is 5.97 Å². The molecule has 1 aliphatic rings. The van der Waals surface area contributed by atoms with E-state index in [1.807, 2.05) is 54.9 Å². The van der Waals surface area contributed by atoms with E-state index in [1.54, 1.807) is 12.1 Å². The Hall–Kier alpha value is -3.93. The second-order valence-electron chi connectivity index (χ2n) is 7.79. The van der Waals surface area contributed by atoms with Crippen molar-refractivity contribution >= 4 is 23.2 Å². The van der Waals surface area contributed by atoms with E-state index in [1.165, 1.54) is 0 Å². The first-order valence-electron chi connectivity index (χ1n) is 10.6. The average molecular weight is 428 g/mol. The first kappa shape index (κ1) is 21.3. The fourth-order valence-corrected chi connectivity index (χ4v) is 4.22. The van der Waals surface area contributed by atoms with Gasteiger partial charge in [-0.15, -0.1) is 0 Å². The summed E-state index contributed by atoms with van der Waals surface area (Å²) in [7, 11) is 0. The number of carboxylic acid groups (broad SMARTS) is 1. The van der Waals surface area contributed by atoms with Crippen LogP contribution in [0.1, 0.15) is 57.9 Å². The first-order valence-corrected chi connectivity index (χ1v) is 10.6. The third kappa shape index (κ3) is 4.54. The van der Waals surface area contributed by atoms with Gasteiger partial charge in [-0.1, -0.05) is 54.6 Å².